The first kappa shape index (κ1) is 16.7. The smallest absolute Gasteiger partial charge is 0.188 e. The van der Waals surface area contributed by atoms with Crippen molar-refractivity contribution in [3.8, 4) is 0 Å². The Bertz CT molecular complexity index is 498. The number of nitrogens with one attached hydrogen (secondary N) is 1. The molecule has 0 heterocycles. The molecule has 0 amide bonds. The molecule has 1 fully saturated rings. The summed E-state index contributed by atoms with van der Waals surface area (Å²) in [4.78, 5) is 4.50. The van der Waals surface area contributed by atoms with Crippen molar-refractivity contribution in [1.29, 1.82) is 0 Å². The van der Waals surface area contributed by atoms with Gasteiger partial charge in [0.05, 0.1) is 13.2 Å². The minimum Gasteiger partial charge on any atom is -0.383 e. The van der Waals surface area contributed by atoms with Gasteiger partial charge in [0.2, 0.25) is 0 Å². The number of aliphatic imine (C=N–C) groups is 1. The minimum atomic E-state index is -0.183. The summed E-state index contributed by atoms with van der Waals surface area (Å²) in [6.07, 6.45) is 5.62. The highest BCUT2D eigenvalue weighted by Crippen LogP contribution is 2.39. The molecule has 0 atom stereocenters. The predicted octanol–water partition coefficient (Wildman–Crippen LogP) is 2.58. The van der Waals surface area contributed by atoms with Gasteiger partial charge in [-0.3, -0.25) is 4.99 Å². The van der Waals surface area contributed by atoms with Crippen molar-refractivity contribution < 1.29 is 9.13 Å². The van der Waals surface area contributed by atoms with Gasteiger partial charge in [0.1, 0.15) is 5.82 Å². The lowest BCUT2D eigenvalue weighted by Gasteiger charge is -2.36. The van der Waals surface area contributed by atoms with E-state index in [0.29, 0.717) is 25.7 Å². The van der Waals surface area contributed by atoms with Crippen molar-refractivity contribution >= 4 is 5.96 Å². The third-order valence-corrected chi connectivity index (χ3v) is 4.41. The van der Waals surface area contributed by atoms with E-state index in [2.05, 4.69) is 10.3 Å². The molecular weight excluding hydrogens is 281 g/mol. The molecule has 4 nitrogen and oxygen atoms in total. The second-order valence-corrected chi connectivity index (χ2v) is 5.97. The van der Waals surface area contributed by atoms with E-state index in [4.69, 9.17) is 10.5 Å². The number of rotatable bonds is 6. The van der Waals surface area contributed by atoms with Gasteiger partial charge in [0.15, 0.2) is 5.96 Å². The fourth-order valence-electron chi connectivity index (χ4n) is 3.16. The molecule has 3 N–H and O–H groups in total. The van der Waals surface area contributed by atoms with Gasteiger partial charge in [-0.15, -0.1) is 0 Å². The zero-order chi connectivity index (χ0) is 15.8. The molecule has 1 aliphatic carbocycles. The van der Waals surface area contributed by atoms with Crippen LogP contribution in [0.2, 0.25) is 0 Å². The highest BCUT2D eigenvalue weighted by atomic mass is 19.1. The number of halogens is 1. The summed E-state index contributed by atoms with van der Waals surface area (Å²) < 4.78 is 18.6. The van der Waals surface area contributed by atoms with Crippen LogP contribution >= 0.6 is 0 Å². The lowest BCUT2D eigenvalue weighted by atomic mass is 9.69. The molecule has 0 bridgehead atoms. The van der Waals surface area contributed by atoms with E-state index in [1.807, 2.05) is 6.07 Å². The van der Waals surface area contributed by atoms with Crippen LogP contribution in [0.3, 0.4) is 0 Å². The van der Waals surface area contributed by atoms with Gasteiger partial charge in [-0.05, 0) is 30.5 Å². The van der Waals surface area contributed by atoms with Gasteiger partial charge in [0, 0.05) is 19.1 Å². The zero-order valence-electron chi connectivity index (χ0n) is 13.3. The van der Waals surface area contributed by atoms with Crippen molar-refractivity contribution in [2.75, 3.05) is 26.8 Å². The number of benzene rings is 1. The molecule has 0 aromatic heterocycles. The topological polar surface area (TPSA) is 59.6 Å². The Hall–Kier alpha value is -1.62. The average molecular weight is 307 g/mol. The van der Waals surface area contributed by atoms with Crippen molar-refractivity contribution in [3.05, 3.63) is 35.6 Å². The highest BCUT2D eigenvalue weighted by Gasteiger charge is 2.34. The highest BCUT2D eigenvalue weighted by molar-refractivity contribution is 5.77. The molecule has 0 aliphatic heterocycles. The molecule has 22 heavy (non-hydrogen) atoms. The maximum Gasteiger partial charge on any atom is 0.188 e. The first-order valence-electron chi connectivity index (χ1n) is 7.95. The summed E-state index contributed by atoms with van der Waals surface area (Å²) in [7, 11) is 1.65. The van der Waals surface area contributed by atoms with Gasteiger partial charge in [-0.1, -0.05) is 31.4 Å². The summed E-state index contributed by atoms with van der Waals surface area (Å²) in [6, 6.07) is 6.93. The van der Waals surface area contributed by atoms with Crippen LogP contribution in [0.1, 0.15) is 37.7 Å². The van der Waals surface area contributed by atoms with Gasteiger partial charge in [0.25, 0.3) is 0 Å². The first-order chi connectivity index (χ1) is 10.7. The fraction of sp³-hybridized carbons (Fsp3) is 0.588. The monoisotopic (exact) mass is 307 g/mol. The summed E-state index contributed by atoms with van der Waals surface area (Å²) in [6.45, 7) is 1.83. The number of hydrogen-bond acceptors (Lipinski definition) is 2. The lowest BCUT2D eigenvalue weighted by molar-refractivity contribution is 0.204. The van der Waals surface area contributed by atoms with Gasteiger partial charge >= 0.3 is 0 Å². The fourth-order valence-corrected chi connectivity index (χ4v) is 3.16. The van der Waals surface area contributed by atoms with E-state index in [-0.39, 0.29) is 11.2 Å². The molecule has 0 spiro atoms. The largest absolute Gasteiger partial charge is 0.383 e. The molecular formula is C17H26FN3O. The van der Waals surface area contributed by atoms with Crippen molar-refractivity contribution in [2.45, 2.75) is 37.5 Å². The number of hydrogen-bond donors (Lipinski definition) is 2. The summed E-state index contributed by atoms with van der Waals surface area (Å²) >= 11 is 0. The van der Waals surface area contributed by atoms with Crippen LogP contribution in [0.15, 0.2) is 29.3 Å². The molecule has 0 unspecified atom stereocenters. The minimum absolute atomic E-state index is 0.0894. The quantitative estimate of drug-likeness (QED) is 0.482. The third-order valence-electron chi connectivity index (χ3n) is 4.41. The molecule has 1 aromatic rings. The molecule has 122 valence electrons. The number of ether oxygens (including phenoxy) is 1. The van der Waals surface area contributed by atoms with Crippen molar-refractivity contribution in [1.82, 2.24) is 5.32 Å². The number of nitrogens with two attached hydrogens (primary N) is 1. The third kappa shape index (κ3) is 4.44. The standard InChI is InChI=1S/C17H26FN3O/c1-22-11-10-20-16(19)21-13-17(8-3-2-4-9-17)14-6-5-7-15(18)12-14/h5-7,12H,2-4,8-11,13H2,1H3,(H3,19,20,21). The summed E-state index contributed by atoms with van der Waals surface area (Å²) in [5.41, 5.74) is 6.86. The van der Waals surface area contributed by atoms with Gasteiger partial charge in [-0.2, -0.15) is 0 Å². The van der Waals surface area contributed by atoms with E-state index < -0.39 is 0 Å². The van der Waals surface area contributed by atoms with Crippen LogP contribution in [0.5, 0.6) is 0 Å². The maximum absolute atomic E-state index is 13.6. The van der Waals surface area contributed by atoms with Crippen LogP contribution in [0.4, 0.5) is 4.39 Å². The Labute approximate surface area is 132 Å². The number of guanidine groups is 1. The molecule has 1 aliphatic rings. The molecule has 1 aromatic carbocycles. The summed E-state index contributed by atoms with van der Waals surface area (Å²) in [5.74, 6) is 0.246. The van der Waals surface area contributed by atoms with Crippen LogP contribution in [0, 0.1) is 5.82 Å². The SMILES string of the molecule is COCCNC(N)=NCC1(c2cccc(F)c2)CCCCC1. The Morgan fingerprint density at radius 3 is 2.82 bits per heavy atom. The average Bonchev–Trinajstić information content (AvgIpc) is 2.54. The van der Waals surface area contributed by atoms with Crippen molar-refractivity contribution in [2.24, 2.45) is 10.7 Å². The molecule has 1 saturated carbocycles. The van der Waals surface area contributed by atoms with E-state index in [1.165, 1.54) is 12.5 Å². The Kier molecular flexibility index (Phi) is 6.19. The predicted molar refractivity (Wildman–Crippen MR) is 87.5 cm³/mol. The molecule has 0 radical (unpaired) electrons. The zero-order valence-corrected chi connectivity index (χ0v) is 13.3. The van der Waals surface area contributed by atoms with E-state index in [1.54, 1.807) is 19.2 Å². The van der Waals surface area contributed by atoms with Crippen molar-refractivity contribution in [3.63, 3.8) is 0 Å². The molecule has 5 heteroatoms. The first-order valence-corrected chi connectivity index (χ1v) is 7.95. The Morgan fingerprint density at radius 2 is 2.14 bits per heavy atom. The Balaban J connectivity index is 2.11. The van der Waals surface area contributed by atoms with Crippen LogP contribution in [-0.4, -0.2) is 32.8 Å². The summed E-state index contributed by atoms with van der Waals surface area (Å²) in [5, 5.41) is 3.03. The van der Waals surface area contributed by atoms with E-state index >= 15 is 0 Å². The Morgan fingerprint density at radius 1 is 1.36 bits per heavy atom. The number of nitrogens with zero attached hydrogens (tertiary/aromatic N) is 1. The van der Waals surface area contributed by atoms with Gasteiger partial charge in [-0.25, -0.2) is 4.39 Å². The molecule has 2 rings (SSSR count). The molecule has 0 saturated heterocycles. The van der Waals surface area contributed by atoms with E-state index in [0.717, 1.165) is 31.2 Å². The second kappa shape index (κ2) is 8.13. The van der Waals surface area contributed by atoms with Crippen LogP contribution in [-0.2, 0) is 10.2 Å². The second-order valence-electron chi connectivity index (χ2n) is 5.97. The number of methoxy groups -OCH3 is 1. The lowest BCUT2D eigenvalue weighted by Crippen LogP contribution is -2.38. The van der Waals surface area contributed by atoms with Crippen LogP contribution in [0.25, 0.3) is 0 Å². The maximum atomic E-state index is 13.6. The van der Waals surface area contributed by atoms with Crippen LogP contribution < -0.4 is 11.1 Å². The van der Waals surface area contributed by atoms with Gasteiger partial charge < -0.3 is 15.8 Å². The normalized spacial score (nSPS) is 18.2. The van der Waals surface area contributed by atoms with E-state index in [9.17, 15) is 4.39 Å².